The van der Waals surface area contributed by atoms with Crippen molar-refractivity contribution < 1.29 is 42.1 Å². The summed E-state index contributed by atoms with van der Waals surface area (Å²) in [7, 11) is 1.46. The van der Waals surface area contributed by atoms with Gasteiger partial charge in [-0.3, -0.25) is 18.6 Å². The van der Waals surface area contributed by atoms with Crippen LogP contribution in [-0.4, -0.2) is 74.9 Å². The fourth-order valence-electron chi connectivity index (χ4n) is 2.48. The Morgan fingerprint density at radius 1 is 0.967 bits per heavy atom. The van der Waals surface area contributed by atoms with Crippen LogP contribution in [-0.2, 0) is 32.7 Å². The lowest BCUT2D eigenvalue weighted by atomic mass is 10.1. The van der Waals surface area contributed by atoms with Crippen molar-refractivity contribution in [3.63, 3.8) is 0 Å². The van der Waals surface area contributed by atoms with Crippen molar-refractivity contribution in [2.75, 3.05) is 47.5 Å². The number of carbonyl (C=O) groups excluding carboxylic acids is 2. The number of phosphoric acid groups is 1. The van der Waals surface area contributed by atoms with E-state index in [0.29, 0.717) is 11.0 Å². The number of rotatable bonds is 18. The summed E-state index contributed by atoms with van der Waals surface area (Å²) in [5.74, 6) is -1.00. The van der Waals surface area contributed by atoms with Crippen LogP contribution in [0.15, 0.2) is 0 Å². The van der Waals surface area contributed by atoms with E-state index in [0.717, 1.165) is 19.3 Å². The molecule has 9 nitrogen and oxygen atoms in total. The Hall–Kier alpha value is -0.990. The first-order valence-corrected chi connectivity index (χ1v) is 12.2. The molecule has 0 saturated carbocycles. The monoisotopic (exact) mass is 454 g/mol. The summed E-state index contributed by atoms with van der Waals surface area (Å²) in [6.07, 6.45) is 6.94. The first-order chi connectivity index (χ1) is 13.9. The van der Waals surface area contributed by atoms with Crippen LogP contribution in [0.25, 0.3) is 0 Å². The molecule has 1 unspecified atom stereocenters. The predicted octanol–water partition coefficient (Wildman–Crippen LogP) is 3.44. The zero-order valence-electron chi connectivity index (χ0n) is 19.3. The SMILES string of the molecule is CCCCCCCCCC(=O)OC[C@H](COP(=O)(O)OCC[N+](C)(C)C)OC(C)=O. The average Bonchev–Trinajstić information content (AvgIpc) is 2.61. The van der Waals surface area contributed by atoms with Gasteiger partial charge in [0, 0.05) is 13.3 Å². The molecule has 2 atom stereocenters. The van der Waals surface area contributed by atoms with Crippen LogP contribution in [0.1, 0.15) is 65.2 Å². The lowest BCUT2D eigenvalue weighted by Gasteiger charge is -2.24. The first kappa shape index (κ1) is 29.0. The summed E-state index contributed by atoms with van der Waals surface area (Å²) >= 11 is 0. The number of carbonyl (C=O) groups is 2. The fraction of sp³-hybridized carbons (Fsp3) is 0.900. The number of likely N-dealkylation sites (N-methyl/N-ethyl adjacent to an activating group) is 1. The Morgan fingerprint density at radius 2 is 1.57 bits per heavy atom. The molecular weight excluding hydrogens is 413 g/mol. The van der Waals surface area contributed by atoms with Gasteiger partial charge in [0.25, 0.3) is 0 Å². The Balaban J connectivity index is 4.21. The van der Waals surface area contributed by atoms with Gasteiger partial charge in [-0.25, -0.2) is 4.57 Å². The molecule has 0 aliphatic rings. The van der Waals surface area contributed by atoms with Gasteiger partial charge in [-0.15, -0.1) is 0 Å². The van der Waals surface area contributed by atoms with Gasteiger partial charge in [0.05, 0.1) is 27.7 Å². The van der Waals surface area contributed by atoms with Crippen LogP contribution in [0.2, 0.25) is 0 Å². The molecule has 178 valence electrons. The van der Waals surface area contributed by atoms with Crippen LogP contribution in [0.4, 0.5) is 0 Å². The molecule has 0 spiro atoms. The second-order valence-electron chi connectivity index (χ2n) is 8.40. The second-order valence-corrected chi connectivity index (χ2v) is 9.85. The normalized spacial score (nSPS) is 14.7. The van der Waals surface area contributed by atoms with Gasteiger partial charge in [-0.2, -0.15) is 0 Å². The van der Waals surface area contributed by atoms with Crippen molar-refractivity contribution in [1.82, 2.24) is 0 Å². The van der Waals surface area contributed by atoms with E-state index in [4.69, 9.17) is 18.5 Å². The Morgan fingerprint density at radius 3 is 2.13 bits per heavy atom. The number of phosphoric ester groups is 1. The van der Waals surface area contributed by atoms with Gasteiger partial charge >= 0.3 is 19.8 Å². The molecule has 0 fully saturated rings. The highest BCUT2D eigenvalue weighted by Crippen LogP contribution is 2.43. The second kappa shape index (κ2) is 15.8. The molecule has 0 aromatic carbocycles. The minimum Gasteiger partial charge on any atom is -0.462 e. The standard InChI is InChI=1S/C20H40NO8P/c1-6-7-8-9-10-11-12-13-20(23)26-16-19(29-18(2)22)17-28-30(24,25)27-15-14-21(3,4)5/h19H,6-17H2,1-5H3/p+1/t19-/m1/s1. The molecule has 0 aliphatic heterocycles. The molecule has 1 N–H and O–H groups in total. The molecule has 0 aromatic heterocycles. The van der Waals surface area contributed by atoms with Crippen LogP contribution < -0.4 is 0 Å². The average molecular weight is 455 g/mol. The van der Waals surface area contributed by atoms with E-state index in [9.17, 15) is 19.0 Å². The van der Waals surface area contributed by atoms with E-state index in [1.54, 1.807) is 0 Å². The third kappa shape index (κ3) is 19.0. The molecule has 0 saturated heterocycles. The highest BCUT2D eigenvalue weighted by atomic mass is 31.2. The van der Waals surface area contributed by atoms with E-state index in [2.05, 4.69) is 6.92 Å². The minimum atomic E-state index is -4.30. The van der Waals surface area contributed by atoms with E-state index in [1.807, 2.05) is 21.1 Å². The maximum Gasteiger partial charge on any atom is 0.472 e. The fourth-order valence-corrected chi connectivity index (χ4v) is 3.22. The highest BCUT2D eigenvalue weighted by molar-refractivity contribution is 7.47. The molecule has 30 heavy (non-hydrogen) atoms. The van der Waals surface area contributed by atoms with Crippen molar-refractivity contribution in [3.05, 3.63) is 0 Å². The van der Waals surface area contributed by atoms with Gasteiger partial charge in [0.1, 0.15) is 19.8 Å². The zero-order valence-corrected chi connectivity index (χ0v) is 20.2. The van der Waals surface area contributed by atoms with Gasteiger partial charge in [0.15, 0.2) is 6.10 Å². The summed E-state index contributed by atoms with van der Waals surface area (Å²) in [5.41, 5.74) is 0. The van der Waals surface area contributed by atoms with Gasteiger partial charge in [0.2, 0.25) is 0 Å². The van der Waals surface area contributed by atoms with Crippen LogP contribution >= 0.6 is 7.82 Å². The Kier molecular flexibility index (Phi) is 15.2. The summed E-state index contributed by atoms with van der Waals surface area (Å²) < 4.78 is 32.5. The molecule has 0 radical (unpaired) electrons. The molecule has 0 amide bonds. The number of ether oxygens (including phenoxy) is 2. The number of esters is 2. The van der Waals surface area contributed by atoms with Gasteiger partial charge < -0.3 is 18.9 Å². The number of unbranched alkanes of at least 4 members (excludes halogenated alkanes) is 6. The molecule has 0 heterocycles. The minimum absolute atomic E-state index is 0.0307. The molecule has 0 aliphatic carbocycles. The lowest BCUT2D eigenvalue weighted by molar-refractivity contribution is -0.870. The topological polar surface area (TPSA) is 108 Å². The molecule has 0 rings (SSSR count). The maximum atomic E-state index is 12.0. The van der Waals surface area contributed by atoms with Crippen molar-refractivity contribution in [2.45, 2.75) is 71.3 Å². The summed E-state index contributed by atoms with van der Waals surface area (Å²) in [4.78, 5) is 32.9. The molecule has 0 bridgehead atoms. The Bertz CT molecular complexity index is 535. The number of hydrogen-bond acceptors (Lipinski definition) is 7. The quantitative estimate of drug-likeness (QED) is 0.145. The Labute approximate surface area is 181 Å². The molecule has 0 aromatic rings. The predicted molar refractivity (Wildman–Crippen MR) is 114 cm³/mol. The van der Waals surface area contributed by atoms with Crippen molar-refractivity contribution in [1.29, 1.82) is 0 Å². The number of nitrogens with zero attached hydrogens (tertiary/aromatic N) is 1. The van der Waals surface area contributed by atoms with E-state index in [1.165, 1.54) is 32.6 Å². The van der Waals surface area contributed by atoms with Crippen molar-refractivity contribution in [3.8, 4) is 0 Å². The van der Waals surface area contributed by atoms with Crippen molar-refractivity contribution in [2.24, 2.45) is 0 Å². The first-order valence-electron chi connectivity index (χ1n) is 10.7. The summed E-state index contributed by atoms with van der Waals surface area (Å²) in [5, 5.41) is 0. The van der Waals surface area contributed by atoms with Crippen molar-refractivity contribution >= 4 is 19.8 Å². The van der Waals surface area contributed by atoms with E-state index in [-0.39, 0.29) is 19.6 Å². The number of hydrogen-bond donors (Lipinski definition) is 1. The van der Waals surface area contributed by atoms with Gasteiger partial charge in [-0.1, -0.05) is 45.4 Å². The third-order valence-electron chi connectivity index (χ3n) is 4.19. The third-order valence-corrected chi connectivity index (χ3v) is 5.17. The van der Waals surface area contributed by atoms with Gasteiger partial charge in [-0.05, 0) is 6.42 Å². The van der Waals surface area contributed by atoms with Crippen LogP contribution in [0.5, 0.6) is 0 Å². The highest BCUT2D eigenvalue weighted by Gasteiger charge is 2.26. The van der Waals surface area contributed by atoms with Crippen LogP contribution in [0, 0.1) is 0 Å². The summed E-state index contributed by atoms with van der Waals surface area (Å²) in [6.45, 7) is 3.25. The summed E-state index contributed by atoms with van der Waals surface area (Å²) in [6, 6.07) is 0. The van der Waals surface area contributed by atoms with Crippen LogP contribution in [0.3, 0.4) is 0 Å². The van der Waals surface area contributed by atoms with E-state index < -0.39 is 32.5 Å². The maximum absolute atomic E-state index is 12.0. The molecule has 10 heteroatoms. The molecular formula is C20H41NO8P+. The number of quaternary nitrogens is 1. The van der Waals surface area contributed by atoms with E-state index >= 15 is 0 Å². The zero-order chi connectivity index (χ0) is 23.0. The smallest absolute Gasteiger partial charge is 0.462 e. The lowest BCUT2D eigenvalue weighted by Crippen LogP contribution is -2.37. The largest absolute Gasteiger partial charge is 0.472 e.